The van der Waals surface area contributed by atoms with Crippen molar-refractivity contribution in [1.82, 2.24) is 0 Å². The van der Waals surface area contributed by atoms with Gasteiger partial charge in [-0.15, -0.1) is 0 Å². The number of halogens is 1. The molecule has 0 spiro atoms. The van der Waals surface area contributed by atoms with Crippen molar-refractivity contribution in [2.24, 2.45) is 0 Å². The van der Waals surface area contributed by atoms with E-state index in [0.29, 0.717) is 5.56 Å². The van der Waals surface area contributed by atoms with Crippen LogP contribution in [0.3, 0.4) is 0 Å². The van der Waals surface area contributed by atoms with Gasteiger partial charge in [-0.2, -0.15) is 0 Å². The van der Waals surface area contributed by atoms with E-state index in [9.17, 15) is 9.18 Å². The molecule has 0 bridgehead atoms. The standard InChI is InChI=1S/C12H11FO3/c13-11-7-9(8-12(15)16)4-5-10(11)3-1-2-6-14/h4-5,7,14H,2,6,8H2,(H,15,16). The molecule has 0 amide bonds. The van der Waals surface area contributed by atoms with Crippen molar-refractivity contribution >= 4 is 5.97 Å². The van der Waals surface area contributed by atoms with E-state index < -0.39 is 11.8 Å². The molecular formula is C12H11FO3. The zero-order valence-electron chi connectivity index (χ0n) is 8.53. The van der Waals surface area contributed by atoms with Crippen LogP contribution in [0.15, 0.2) is 18.2 Å². The van der Waals surface area contributed by atoms with Crippen LogP contribution >= 0.6 is 0 Å². The third-order valence-electron chi connectivity index (χ3n) is 1.85. The number of hydrogen-bond donors (Lipinski definition) is 2. The predicted octanol–water partition coefficient (Wildman–Crippen LogP) is 1.19. The first kappa shape index (κ1) is 12.2. The second kappa shape index (κ2) is 5.89. The molecule has 0 aliphatic heterocycles. The number of aliphatic hydroxyl groups is 1. The van der Waals surface area contributed by atoms with Crippen molar-refractivity contribution in [3.8, 4) is 11.8 Å². The van der Waals surface area contributed by atoms with Crippen LogP contribution in [-0.2, 0) is 11.2 Å². The molecule has 84 valence electrons. The Balaban J connectivity index is 2.84. The molecule has 0 radical (unpaired) electrons. The van der Waals surface area contributed by atoms with E-state index in [2.05, 4.69) is 11.8 Å². The number of carboxylic acid groups (broad SMARTS) is 1. The maximum Gasteiger partial charge on any atom is 0.307 e. The summed E-state index contributed by atoms with van der Waals surface area (Å²) in [5, 5.41) is 17.0. The lowest BCUT2D eigenvalue weighted by atomic mass is 10.1. The Morgan fingerprint density at radius 1 is 1.44 bits per heavy atom. The largest absolute Gasteiger partial charge is 0.481 e. The second-order valence-corrected chi connectivity index (χ2v) is 3.16. The molecule has 1 aromatic carbocycles. The number of carboxylic acids is 1. The van der Waals surface area contributed by atoms with Gasteiger partial charge in [0.1, 0.15) is 5.82 Å². The number of rotatable bonds is 3. The van der Waals surface area contributed by atoms with Gasteiger partial charge in [-0.25, -0.2) is 4.39 Å². The van der Waals surface area contributed by atoms with Crippen LogP contribution in [0.25, 0.3) is 0 Å². The third kappa shape index (κ3) is 3.71. The highest BCUT2D eigenvalue weighted by Crippen LogP contribution is 2.10. The van der Waals surface area contributed by atoms with E-state index in [1.54, 1.807) is 0 Å². The molecule has 0 aliphatic rings. The van der Waals surface area contributed by atoms with Crippen molar-refractivity contribution < 1.29 is 19.4 Å². The summed E-state index contributed by atoms with van der Waals surface area (Å²) in [5.41, 5.74) is 0.611. The van der Waals surface area contributed by atoms with Crippen LogP contribution in [0.5, 0.6) is 0 Å². The molecule has 1 rings (SSSR count). The van der Waals surface area contributed by atoms with E-state index in [0.717, 1.165) is 6.07 Å². The normalized spacial score (nSPS) is 9.38. The van der Waals surface area contributed by atoms with Crippen molar-refractivity contribution in [3.05, 3.63) is 35.1 Å². The molecular weight excluding hydrogens is 211 g/mol. The highest BCUT2D eigenvalue weighted by molar-refractivity contribution is 5.70. The van der Waals surface area contributed by atoms with Gasteiger partial charge in [0.25, 0.3) is 0 Å². The summed E-state index contributed by atoms with van der Waals surface area (Å²) >= 11 is 0. The molecule has 0 aromatic heterocycles. The average molecular weight is 222 g/mol. The Hall–Kier alpha value is -1.86. The van der Waals surface area contributed by atoms with Gasteiger partial charge in [0.15, 0.2) is 0 Å². The lowest BCUT2D eigenvalue weighted by Gasteiger charge is -1.99. The molecule has 4 heteroatoms. The zero-order valence-corrected chi connectivity index (χ0v) is 8.53. The molecule has 0 saturated carbocycles. The first-order valence-corrected chi connectivity index (χ1v) is 4.73. The smallest absolute Gasteiger partial charge is 0.307 e. The molecule has 0 aliphatic carbocycles. The van der Waals surface area contributed by atoms with Crippen molar-refractivity contribution in [3.63, 3.8) is 0 Å². The average Bonchev–Trinajstić information content (AvgIpc) is 2.20. The minimum atomic E-state index is -1.00. The summed E-state index contributed by atoms with van der Waals surface area (Å²) in [6.07, 6.45) is 0.0809. The molecule has 16 heavy (non-hydrogen) atoms. The van der Waals surface area contributed by atoms with Crippen LogP contribution < -0.4 is 0 Å². The summed E-state index contributed by atoms with van der Waals surface area (Å²) in [5.74, 6) is 3.62. The van der Waals surface area contributed by atoms with Gasteiger partial charge in [-0.1, -0.05) is 17.9 Å². The monoisotopic (exact) mass is 222 g/mol. The molecule has 0 fully saturated rings. The summed E-state index contributed by atoms with van der Waals surface area (Å²) in [7, 11) is 0. The first-order valence-electron chi connectivity index (χ1n) is 4.73. The maximum absolute atomic E-state index is 13.4. The molecule has 1 aromatic rings. The van der Waals surface area contributed by atoms with Gasteiger partial charge in [0.05, 0.1) is 18.6 Å². The van der Waals surface area contributed by atoms with E-state index in [-0.39, 0.29) is 25.0 Å². The number of aliphatic hydroxyl groups excluding tert-OH is 1. The Morgan fingerprint density at radius 2 is 2.19 bits per heavy atom. The molecule has 0 unspecified atom stereocenters. The van der Waals surface area contributed by atoms with Crippen molar-refractivity contribution in [2.45, 2.75) is 12.8 Å². The van der Waals surface area contributed by atoms with E-state index in [1.165, 1.54) is 12.1 Å². The minimum absolute atomic E-state index is 0.0638. The Bertz CT molecular complexity index is 443. The quantitative estimate of drug-likeness (QED) is 0.755. The molecule has 0 atom stereocenters. The fourth-order valence-corrected chi connectivity index (χ4v) is 1.16. The van der Waals surface area contributed by atoms with Crippen molar-refractivity contribution in [1.29, 1.82) is 0 Å². The maximum atomic E-state index is 13.4. The Kier molecular flexibility index (Phi) is 4.49. The van der Waals surface area contributed by atoms with Gasteiger partial charge >= 0.3 is 5.97 Å². The lowest BCUT2D eigenvalue weighted by molar-refractivity contribution is -0.136. The molecule has 0 heterocycles. The van der Waals surface area contributed by atoms with Gasteiger partial charge in [0.2, 0.25) is 0 Å². The van der Waals surface area contributed by atoms with Crippen LogP contribution in [0.2, 0.25) is 0 Å². The molecule has 0 saturated heterocycles. The molecule has 3 nitrogen and oxygen atoms in total. The van der Waals surface area contributed by atoms with E-state index in [4.69, 9.17) is 10.2 Å². The number of aliphatic carboxylic acids is 1. The van der Waals surface area contributed by atoms with Crippen molar-refractivity contribution in [2.75, 3.05) is 6.61 Å². The fourth-order valence-electron chi connectivity index (χ4n) is 1.16. The fraction of sp³-hybridized carbons (Fsp3) is 0.250. The Morgan fingerprint density at radius 3 is 2.75 bits per heavy atom. The second-order valence-electron chi connectivity index (χ2n) is 3.16. The summed E-state index contributed by atoms with van der Waals surface area (Å²) in [6.45, 7) is -0.0638. The van der Waals surface area contributed by atoms with Gasteiger partial charge in [-0.05, 0) is 17.7 Å². The lowest BCUT2D eigenvalue weighted by Crippen LogP contribution is -2.00. The summed E-state index contributed by atoms with van der Waals surface area (Å²) in [4.78, 5) is 10.4. The Labute approximate surface area is 92.5 Å². The summed E-state index contributed by atoms with van der Waals surface area (Å²) in [6, 6.07) is 4.13. The van der Waals surface area contributed by atoms with Crippen LogP contribution in [0.1, 0.15) is 17.5 Å². The van der Waals surface area contributed by atoms with Gasteiger partial charge < -0.3 is 10.2 Å². The van der Waals surface area contributed by atoms with Gasteiger partial charge in [-0.3, -0.25) is 4.79 Å². The number of benzene rings is 1. The first-order chi connectivity index (χ1) is 7.63. The van der Waals surface area contributed by atoms with Crippen LogP contribution in [-0.4, -0.2) is 22.8 Å². The van der Waals surface area contributed by atoms with E-state index in [1.807, 2.05) is 0 Å². The SMILES string of the molecule is O=C(O)Cc1ccc(C#CCCO)c(F)c1. The van der Waals surface area contributed by atoms with Crippen LogP contribution in [0.4, 0.5) is 4.39 Å². The summed E-state index contributed by atoms with van der Waals surface area (Å²) < 4.78 is 13.4. The predicted molar refractivity (Wildman–Crippen MR) is 56.3 cm³/mol. The minimum Gasteiger partial charge on any atom is -0.481 e. The van der Waals surface area contributed by atoms with Crippen LogP contribution in [0, 0.1) is 17.7 Å². The highest BCUT2D eigenvalue weighted by atomic mass is 19.1. The zero-order chi connectivity index (χ0) is 12.0. The van der Waals surface area contributed by atoms with E-state index >= 15 is 0 Å². The number of hydrogen-bond acceptors (Lipinski definition) is 2. The number of carbonyl (C=O) groups is 1. The highest BCUT2D eigenvalue weighted by Gasteiger charge is 2.04. The third-order valence-corrected chi connectivity index (χ3v) is 1.85. The topological polar surface area (TPSA) is 57.5 Å². The van der Waals surface area contributed by atoms with Gasteiger partial charge in [0, 0.05) is 6.42 Å². The molecule has 2 N–H and O–H groups in total.